The van der Waals surface area contributed by atoms with Crippen LogP contribution in [0.25, 0.3) is 0 Å². The number of terminal acetylenes is 1. The molecule has 0 aliphatic heterocycles. The van der Waals surface area contributed by atoms with Gasteiger partial charge < -0.3 is 0 Å². The average molecular weight is 118 g/mol. The van der Waals surface area contributed by atoms with Crippen molar-refractivity contribution in [3.05, 3.63) is 36.5 Å². The van der Waals surface area contributed by atoms with Gasteiger partial charge in [-0.3, -0.25) is 0 Å². The zero-order valence-electron chi connectivity index (χ0n) is 5.54. The van der Waals surface area contributed by atoms with Gasteiger partial charge in [-0.1, -0.05) is 36.3 Å². The second-order valence-corrected chi connectivity index (χ2v) is 1.44. The van der Waals surface area contributed by atoms with Gasteiger partial charge in [-0.05, 0) is 13.0 Å². The van der Waals surface area contributed by atoms with Crippen LogP contribution in [0.2, 0.25) is 0 Å². The minimum Gasteiger partial charge on any atom is -0.115 e. The summed E-state index contributed by atoms with van der Waals surface area (Å²) >= 11 is 0. The van der Waals surface area contributed by atoms with Crippen molar-refractivity contribution in [1.29, 1.82) is 0 Å². The van der Waals surface area contributed by atoms with Crippen LogP contribution < -0.4 is 0 Å². The van der Waals surface area contributed by atoms with E-state index >= 15 is 0 Å². The van der Waals surface area contributed by atoms with E-state index in [1.54, 1.807) is 6.08 Å². The molecule has 0 bridgehead atoms. The van der Waals surface area contributed by atoms with Gasteiger partial charge in [0.1, 0.15) is 0 Å². The zero-order chi connectivity index (χ0) is 6.95. The first-order valence-electron chi connectivity index (χ1n) is 2.82. The average Bonchev–Trinajstić information content (AvgIpc) is 1.89. The first-order valence-corrected chi connectivity index (χ1v) is 2.82. The van der Waals surface area contributed by atoms with Crippen molar-refractivity contribution in [2.45, 2.75) is 6.92 Å². The largest absolute Gasteiger partial charge is 0.115 e. The van der Waals surface area contributed by atoms with Crippen molar-refractivity contribution >= 4 is 0 Å². The molecule has 0 spiro atoms. The van der Waals surface area contributed by atoms with E-state index in [2.05, 4.69) is 5.92 Å². The molecular weight excluding hydrogens is 108 g/mol. The lowest BCUT2D eigenvalue weighted by molar-refractivity contribution is 1.73. The van der Waals surface area contributed by atoms with Crippen molar-refractivity contribution in [2.24, 2.45) is 0 Å². The molecule has 0 N–H and O–H groups in total. The third-order valence-electron chi connectivity index (χ3n) is 0.718. The van der Waals surface area contributed by atoms with Crippen LogP contribution in [-0.2, 0) is 0 Å². The molecule has 0 heteroatoms. The summed E-state index contributed by atoms with van der Waals surface area (Å²) < 4.78 is 0. The van der Waals surface area contributed by atoms with Gasteiger partial charge in [0.2, 0.25) is 0 Å². The molecule has 0 saturated carbocycles. The molecule has 0 heterocycles. The van der Waals surface area contributed by atoms with Crippen LogP contribution in [0.5, 0.6) is 0 Å². The summed E-state index contributed by atoms with van der Waals surface area (Å²) in [6.45, 7) is 1.97. The van der Waals surface area contributed by atoms with Crippen molar-refractivity contribution in [1.82, 2.24) is 0 Å². The highest BCUT2D eigenvalue weighted by molar-refractivity contribution is 5.18. The second kappa shape index (κ2) is 6.78. The topological polar surface area (TPSA) is 0 Å². The molecule has 0 fully saturated rings. The van der Waals surface area contributed by atoms with Gasteiger partial charge in [0.25, 0.3) is 0 Å². The van der Waals surface area contributed by atoms with E-state index in [4.69, 9.17) is 6.42 Å². The van der Waals surface area contributed by atoms with Gasteiger partial charge in [0, 0.05) is 0 Å². The van der Waals surface area contributed by atoms with Crippen LogP contribution in [0.3, 0.4) is 0 Å². The molecule has 0 aromatic carbocycles. The Morgan fingerprint density at radius 2 is 1.78 bits per heavy atom. The highest BCUT2D eigenvalue weighted by atomic mass is 13.6. The summed E-state index contributed by atoms with van der Waals surface area (Å²) in [5, 5.41) is 0. The molecule has 0 aromatic rings. The maximum absolute atomic E-state index is 4.95. The fourth-order valence-corrected chi connectivity index (χ4v) is 0.351. The summed E-state index contributed by atoms with van der Waals surface area (Å²) in [4.78, 5) is 0. The Kier molecular flexibility index (Phi) is 5.86. The lowest BCUT2D eigenvalue weighted by Gasteiger charge is -1.68. The molecular formula is C9H10. The molecule has 0 aliphatic rings. The Morgan fingerprint density at radius 3 is 2.33 bits per heavy atom. The summed E-state index contributed by atoms with van der Waals surface area (Å²) in [6, 6.07) is 0. The van der Waals surface area contributed by atoms with Crippen LogP contribution in [-0.4, -0.2) is 0 Å². The van der Waals surface area contributed by atoms with E-state index < -0.39 is 0 Å². The molecule has 0 aromatic heterocycles. The first kappa shape index (κ1) is 7.78. The minimum atomic E-state index is 1.65. The van der Waals surface area contributed by atoms with Crippen LogP contribution >= 0.6 is 0 Å². The van der Waals surface area contributed by atoms with E-state index in [9.17, 15) is 0 Å². The molecule has 0 unspecified atom stereocenters. The lowest BCUT2D eigenvalue weighted by Crippen LogP contribution is -1.48. The van der Waals surface area contributed by atoms with Gasteiger partial charge in [-0.15, -0.1) is 6.42 Å². The third-order valence-corrected chi connectivity index (χ3v) is 0.718. The van der Waals surface area contributed by atoms with Crippen LogP contribution in [0.15, 0.2) is 36.5 Å². The summed E-state index contributed by atoms with van der Waals surface area (Å²) in [5.41, 5.74) is 0. The maximum atomic E-state index is 4.95. The summed E-state index contributed by atoms with van der Waals surface area (Å²) in [7, 11) is 0. The second-order valence-electron chi connectivity index (χ2n) is 1.44. The molecule has 0 rings (SSSR count). The predicted molar refractivity (Wildman–Crippen MR) is 41.9 cm³/mol. The monoisotopic (exact) mass is 118 g/mol. The Labute approximate surface area is 56.6 Å². The molecule has 9 heavy (non-hydrogen) atoms. The van der Waals surface area contributed by atoms with E-state index in [-0.39, 0.29) is 0 Å². The lowest BCUT2D eigenvalue weighted by atomic mass is 10.4. The van der Waals surface area contributed by atoms with E-state index in [0.29, 0.717) is 0 Å². The van der Waals surface area contributed by atoms with Crippen LogP contribution in [0, 0.1) is 12.3 Å². The number of allylic oxidation sites excluding steroid dienone is 6. The summed E-state index contributed by atoms with van der Waals surface area (Å²) in [5.74, 6) is 2.39. The molecule has 46 valence electrons. The van der Waals surface area contributed by atoms with Crippen LogP contribution in [0.1, 0.15) is 6.92 Å². The molecule has 0 aliphatic carbocycles. The van der Waals surface area contributed by atoms with E-state index in [1.807, 2.05) is 37.3 Å². The number of hydrogen-bond acceptors (Lipinski definition) is 0. The standard InChI is InChI=1S/C9H10/c1-3-5-7-9-8-6-4-2/h1,4-9H,2H3/b6-4+,7-5+,9-8+. The van der Waals surface area contributed by atoms with Gasteiger partial charge in [-0.2, -0.15) is 0 Å². The molecule has 0 amide bonds. The minimum absolute atomic E-state index is 1.65. The normalized spacial score (nSPS) is 11.6. The quantitative estimate of drug-likeness (QED) is 0.385. The Bertz CT molecular complexity index is 163. The number of rotatable bonds is 2. The van der Waals surface area contributed by atoms with E-state index in [0.717, 1.165) is 0 Å². The van der Waals surface area contributed by atoms with Crippen molar-refractivity contribution in [3.8, 4) is 12.3 Å². The van der Waals surface area contributed by atoms with E-state index in [1.165, 1.54) is 0 Å². The molecule has 0 saturated heterocycles. The maximum Gasteiger partial charge on any atom is -0.0122 e. The Morgan fingerprint density at radius 1 is 1.11 bits per heavy atom. The summed E-state index contributed by atoms with van der Waals surface area (Å²) in [6.07, 6.45) is 16.1. The van der Waals surface area contributed by atoms with Crippen LogP contribution in [0.4, 0.5) is 0 Å². The van der Waals surface area contributed by atoms with Crippen molar-refractivity contribution in [3.63, 3.8) is 0 Å². The highest BCUT2D eigenvalue weighted by Crippen LogP contribution is 1.77. The SMILES string of the molecule is C#C/C=C/C=C/C=C/C. The fourth-order valence-electron chi connectivity index (χ4n) is 0.351. The molecule has 0 atom stereocenters. The van der Waals surface area contributed by atoms with Gasteiger partial charge >= 0.3 is 0 Å². The van der Waals surface area contributed by atoms with Gasteiger partial charge in [0.15, 0.2) is 0 Å². The first-order chi connectivity index (χ1) is 4.41. The van der Waals surface area contributed by atoms with Gasteiger partial charge in [-0.25, -0.2) is 0 Å². The smallest absolute Gasteiger partial charge is 0.0122 e. The number of hydrogen-bond donors (Lipinski definition) is 0. The Hall–Kier alpha value is -1.22. The van der Waals surface area contributed by atoms with Crippen molar-refractivity contribution in [2.75, 3.05) is 0 Å². The third kappa shape index (κ3) is 6.78. The zero-order valence-corrected chi connectivity index (χ0v) is 5.54. The highest BCUT2D eigenvalue weighted by Gasteiger charge is 1.57. The molecule has 0 radical (unpaired) electrons. The Balaban J connectivity index is 3.50. The van der Waals surface area contributed by atoms with Crippen molar-refractivity contribution < 1.29 is 0 Å². The van der Waals surface area contributed by atoms with Gasteiger partial charge in [0.05, 0.1) is 0 Å². The fraction of sp³-hybridized carbons (Fsp3) is 0.111. The predicted octanol–water partition coefficient (Wildman–Crippen LogP) is 2.31. The molecule has 0 nitrogen and oxygen atoms in total.